The van der Waals surface area contributed by atoms with Crippen LogP contribution in [0.5, 0.6) is 0 Å². The van der Waals surface area contributed by atoms with E-state index in [0.29, 0.717) is 0 Å². The lowest BCUT2D eigenvalue weighted by Gasteiger charge is -2.36. The highest BCUT2D eigenvalue weighted by atomic mass is 15.2. The van der Waals surface area contributed by atoms with Crippen LogP contribution < -0.4 is 9.80 Å². The van der Waals surface area contributed by atoms with E-state index in [2.05, 4.69) is 287 Å². The number of para-hydroxylation sites is 4. The van der Waals surface area contributed by atoms with Crippen LogP contribution in [0.1, 0.15) is 22.3 Å². The summed E-state index contributed by atoms with van der Waals surface area (Å²) in [4.78, 5) is 4.96. The van der Waals surface area contributed by atoms with Gasteiger partial charge < -0.3 is 14.4 Å². The topological polar surface area (TPSA) is 11.4 Å². The Morgan fingerprint density at radius 3 is 1.51 bits per heavy atom. The molecule has 0 saturated heterocycles. The molecule has 12 aromatic rings. The van der Waals surface area contributed by atoms with Crippen LogP contribution in [0.15, 0.2) is 273 Å². The Hall–Kier alpha value is -9.18. The van der Waals surface area contributed by atoms with E-state index in [1.54, 1.807) is 0 Å². The number of hydrogen-bond donors (Lipinski definition) is 0. The molecule has 1 spiro atoms. The van der Waals surface area contributed by atoms with Crippen molar-refractivity contribution >= 4 is 55.9 Å². The second-order valence-electron chi connectivity index (χ2n) is 18.4. The first-order valence-electron chi connectivity index (χ1n) is 24.2. The molecule has 1 unspecified atom stereocenters. The Labute approximate surface area is 408 Å². The molecule has 0 aliphatic heterocycles. The summed E-state index contributed by atoms with van der Waals surface area (Å²) in [5.74, 6) is 0. The van der Waals surface area contributed by atoms with Gasteiger partial charge in [-0.15, -0.1) is 0 Å². The fourth-order valence-corrected chi connectivity index (χ4v) is 12.0. The standard InChI is InChI=1S/C67H45N3/c1-5-21-46(22-6-1)47-39-41-51(42-40-47)69(52-43-44-55-54-30-15-18-36-61(54)70(64(55)45-52)50-27-11-4-12-28-50)63-38-19-32-56-53-29-13-16-33-58(53)67(66(56)63)59-34-17-14-31-57(59)65-60(67)35-20-37-62(65)68(48-23-7-2-8-24-48)49-25-9-3-10-26-49/h1-45H. The highest BCUT2D eigenvalue weighted by molar-refractivity contribution is 6.11. The second kappa shape index (κ2) is 16.0. The van der Waals surface area contributed by atoms with Crippen LogP contribution in [0.3, 0.4) is 0 Å². The van der Waals surface area contributed by atoms with Gasteiger partial charge >= 0.3 is 0 Å². The maximum Gasteiger partial charge on any atom is 0.0746 e. The van der Waals surface area contributed by atoms with Gasteiger partial charge in [0.1, 0.15) is 0 Å². The first-order valence-corrected chi connectivity index (χ1v) is 24.2. The molecule has 1 heterocycles. The third-order valence-corrected chi connectivity index (χ3v) is 14.8. The summed E-state index contributed by atoms with van der Waals surface area (Å²) in [6, 6.07) is 100. The van der Waals surface area contributed by atoms with Crippen molar-refractivity contribution in [1.82, 2.24) is 4.57 Å². The van der Waals surface area contributed by atoms with E-state index in [0.717, 1.165) is 45.3 Å². The molecule has 0 bridgehead atoms. The Kier molecular flexibility index (Phi) is 9.11. The molecular formula is C67H45N3. The molecule has 2 aliphatic rings. The maximum absolute atomic E-state index is 2.53. The molecular weight excluding hydrogens is 847 g/mol. The minimum Gasteiger partial charge on any atom is -0.310 e. The average molecular weight is 892 g/mol. The van der Waals surface area contributed by atoms with E-state index in [-0.39, 0.29) is 0 Å². The van der Waals surface area contributed by atoms with Crippen molar-refractivity contribution in [3.63, 3.8) is 0 Å². The number of rotatable bonds is 8. The van der Waals surface area contributed by atoms with Crippen molar-refractivity contribution in [2.45, 2.75) is 5.41 Å². The Balaban J connectivity index is 1.07. The number of anilines is 6. The average Bonchev–Trinajstić information content (AvgIpc) is 4.05. The summed E-state index contributed by atoms with van der Waals surface area (Å²) in [6.07, 6.45) is 0. The molecule has 0 radical (unpaired) electrons. The van der Waals surface area contributed by atoms with Crippen molar-refractivity contribution in [2.24, 2.45) is 0 Å². The largest absolute Gasteiger partial charge is 0.310 e. The van der Waals surface area contributed by atoms with Gasteiger partial charge in [0.2, 0.25) is 0 Å². The first-order chi connectivity index (χ1) is 34.8. The second-order valence-corrected chi connectivity index (χ2v) is 18.4. The number of hydrogen-bond acceptors (Lipinski definition) is 2. The van der Waals surface area contributed by atoms with Gasteiger partial charge in [0.05, 0.1) is 27.8 Å². The zero-order valence-corrected chi connectivity index (χ0v) is 38.3. The predicted octanol–water partition coefficient (Wildman–Crippen LogP) is 17.7. The van der Waals surface area contributed by atoms with Crippen molar-refractivity contribution in [2.75, 3.05) is 9.80 Å². The van der Waals surface area contributed by atoms with Gasteiger partial charge in [-0.1, -0.05) is 194 Å². The third-order valence-electron chi connectivity index (χ3n) is 14.8. The minimum atomic E-state index is -0.658. The normalized spacial score (nSPS) is 14.1. The number of aromatic nitrogens is 1. The summed E-state index contributed by atoms with van der Waals surface area (Å²) < 4.78 is 2.42. The lowest BCUT2D eigenvalue weighted by molar-refractivity contribution is 0.793. The van der Waals surface area contributed by atoms with E-state index in [4.69, 9.17) is 0 Å². The summed E-state index contributed by atoms with van der Waals surface area (Å²) in [5.41, 5.74) is 22.0. The smallest absolute Gasteiger partial charge is 0.0746 e. The monoisotopic (exact) mass is 891 g/mol. The molecule has 0 N–H and O–H groups in total. The fourth-order valence-electron chi connectivity index (χ4n) is 12.0. The maximum atomic E-state index is 2.53. The Bertz CT molecular complexity index is 3900. The van der Waals surface area contributed by atoms with Crippen LogP contribution in [0.2, 0.25) is 0 Å². The van der Waals surface area contributed by atoms with Crippen LogP contribution in [0.25, 0.3) is 60.9 Å². The van der Waals surface area contributed by atoms with Crippen molar-refractivity contribution in [3.8, 4) is 39.1 Å². The van der Waals surface area contributed by atoms with E-state index < -0.39 is 5.41 Å². The van der Waals surface area contributed by atoms with Gasteiger partial charge in [-0.2, -0.15) is 0 Å². The highest BCUT2D eigenvalue weighted by Crippen LogP contribution is 2.67. The molecule has 328 valence electrons. The van der Waals surface area contributed by atoms with E-state index >= 15 is 0 Å². The molecule has 3 heteroatoms. The van der Waals surface area contributed by atoms with Crippen molar-refractivity contribution in [1.29, 1.82) is 0 Å². The number of fused-ring (bicyclic) bond motifs is 13. The van der Waals surface area contributed by atoms with Crippen LogP contribution in [-0.2, 0) is 5.41 Å². The van der Waals surface area contributed by atoms with Crippen LogP contribution in [0, 0.1) is 0 Å². The lowest BCUT2D eigenvalue weighted by Crippen LogP contribution is -2.28. The molecule has 11 aromatic carbocycles. The van der Waals surface area contributed by atoms with E-state index in [1.807, 2.05) is 0 Å². The van der Waals surface area contributed by atoms with Crippen LogP contribution in [-0.4, -0.2) is 4.57 Å². The quantitative estimate of drug-likeness (QED) is 0.151. The molecule has 0 saturated carbocycles. The number of nitrogens with zero attached hydrogens (tertiary/aromatic N) is 3. The predicted molar refractivity (Wildman–Crippen MR) is 292 cm³/mol. The summed E-state index contributed by atoms with van der Waals surface area (Å²) in [6.45, 7) is 0. The first kappa shape index (κ1) is 39.9. The molecule has 0 amide bonds. The Morgan fingerprint density at radius 1 is 0.300 bits per heavy atom. The van der Waals surface area contributed by atoms with Crippen LogP contribution >= 0.6 is 0 Å². The SMILES string of the molecule is c1ccc(-c2ccc(N(c3ccc4c5ccccc5n(-c5ccccc5)c4c3)c3cccc4c3C3(c5ccccc5-4)c4ccccc4-c4c(N(c5ccccc5)c5ccccc5)cccc43)cc2)cc1. The van der Waals surface area contributed by atoms with Crippen molar-refractivity contribution < 1.29 is 0 Å². The van der Waals surface area contributed by atoms with Crippen LogP contribution in [0.4, 0.5) is 34.1 Å². The lowest BCUT2D eigenvalue weighted by atomic mass is 9.70. The zero-order valence-electron chi connectivity index (χ0n) is 38.3. The van der Waals surface area contributed by atoms with Gasteiger partial charge in [-0.3, -0.25) is 0 Å². The molecule has 1 atom stereocenters. The summed E-state index contributed by atoms with van der Waals surface area (Å²) in [5, 5.41) is 2.45. The van der Waals surface area contributed by atoms with Gasteiger partial charge in [-0.05, 0) is 123 Å². The summed E-state index contributed by atoms with van der Waals surface area (Å²) in [7, 11) is 0. The molecule has 70 heavy (non-hydrogen) atoms. The Morgan fingerprint density at radius 2 is 0.786 bits per heavy atom. The zero-order chi connectivity index (χ0) is 46.2. The third kappa shape index (κ3) is 5.88. The molecule has 3 nitrogen and oxygen atoms in total. The van der Waals surface area contributed by atoms with Gasteiger partial charge in [0.25, 0.3) is 0 Å². The fraction of sp³-hybridized carbons (Fsp3) is 0.0149. The molecule has 2 aliphatic carbocycles. The van der Waals surface area contributed by atoms with Gasteiger partial charge in [0.15, 0.2) is 0 Å². The van der Waals surface area contributed by atoms with E-state index in [1.165, 1.54) is 71.9 Å². The molecule has 1 aromatic heterocycles. The van der Waals surface area contributed by atoms with Gasteiger partial charge in [0, 0.05) is 50.3 Å². The minimum absolute atomic E-state index is 0.658. The highest BCUT2D eigenvalue weighted by Gasteiger charge is 2.54. The number of benzene rings is 11. The van der Waals surface area contributed by atoms with Gasteiger partial charge in [-0.25, -0.2) is 0 Å². The van der Waals surface area contributed by atoms with Crippen molar-refractivity contribution in [3.05, 3.63) is 295 Å². The molecule has 0 fully saturated rings. The summed E-state index contributed by atoms with van der Waals surface area (Å²) >= 11 is 0. The van der Waals surface area contributed by atoms with E-state index in [9.17, 15) is 0 Å². The molecule has 14 rings (SSSR count).